The number of carbonyl (C=O) groups excluding carboxylic acids is 1. The van der Waals surface area contributed by atoms with Gasteiger partial charge in [0, 0.05) is 8.95 Å². The van der Waals surface area contributed by atoms with Crippen molar-refractivity contribution in [2.45, 2.75) is 0 Å². The van der Waals surface area contributed by atoms with Crippen LogP contribution in [0.5, 0.6) is 0 Å². The molecule has 13 heavy (non-hydrogen) atoms. The van der Waals surface area contributed by atoms with Crippen LogP contribution in [0.3, 0.4) is 0 Å². The molecule has 1 rings (SSSR count). The van der Waals surface area contributed by atoms with Gasteiger partial charge in [-0.05, 0) is 34.1 Å². The highest BCUT2D eigenvalue weighted by Gasteiger charge is 2.03. The van der Waals surface area contributed by atoms with Crippen molar-refractivity contribution in [1.82, 2.24) is 5.43 Å². The van der Waals surface area contributed by atoms with Gasteiger partial charge in [-0.25, -0.2) is 10.6 Å². The Morgan fingerprint density at radius 1 is 1.38 bits per heavy atom. The quantitative estimate of drug-likeness (QED) is 0.423. The van der Waals surface area contributed by atoms with Crippen LogP contribution >= 0.6 is 31.9 Å². The zero-order valence-electron chi connectivity index (χ0n) is 6.47. The number of anilines is 1. The van der Waals surface area contributed by atoms with Crippen molar-refractivity contribution in [3.63, 3.8) is 0 Å². The number of rotatable bonds is 1. The third kappa shape index (κ3) is 2.98. The number of amides is 2. The Kier molecular flexibility index (Phi) is 3.71. The minimum Gasteiger partial charge on any atom is -0.306 e. The van der Waals surface area contributed by atoms with Crippen LogP contribution in [-0.2, 0) is 0 Å². The number of carbonyl (C=O) groups is 1. The standard InChI is InChI=1S/C7H7Br2N3O/c8-4-1-2-5(9)6(3-4)11-7(13)12-10/h1-3H,10H2,(H2,11,12,13). The number of urea groups is 1. The Hall–Kier alpha value is -0.590. The zero-order chi connectivity index (χ0) is 9.84. The summed E-state index contributed by atoms with van der Waals surface area (Å²) in [7, 11) is 0. The monoisotopic (exact) mass is 307 g/mol. The molecule has 0 bridgehead atoms. The third-order valence-corrected chi connectivity index (χ3v) is 2.49. The van der Waals surface area contributed by atoms with E-state index in [2.05, 4.69) is 37.2 Å². The Balaban J connectivity index is 2.87. The number of nitrogens with one attached hydrogen (secondary N) is 2. The Morgan fingerprint density at radius 3 is 2.69 bits per heavy atom. The maximum absolute atomic E-state index is 10.9. The lowest BCUT2D eigenvalue weighted by atomic mass is 10.3. The highest BCUT2D eigenvalue weighted by molar-refractivity contribution is 9.11. The van der Waals surface area contributed by atoms with Gasteiger partial charge in [0.05, 0.1) is 5.69 Å². The van der Waals surface area contributed by atoms with Gasteiger partial charge in [0.1, 0.15) is 0 Å². The molecule has 0 aromatic heterocycles. The molecule has 0 unspecified atom stereocenters. The summed E-state index contributed by atoms with van der Waals surface area (Å²) in [6, 6.07) is 4.98. The van der Waals surface area contributed by atoms with E-state index >= 15 is 0 Å². The number of benzene rings is 1. The van der Waals surface area contributed by atoms with Gasteiger partial charge in [-0.3, -0.25) is 5.43 Å². The molecule has 0 fully saturated rings. The Morgan fingerprint density at radius 2 is 2.08 bits per heavy atom. The Labute approximate surface area is 92.1 Å². The van der Waals surface area contributed by atoms with E-state index < -0.39 is 6.03 Å². The normalized spacial score (nSPS) is 9.46. The molecule has 2 amide bonds. The molecule has 0 heterocycles. The molecule has 4 N–H and O–H groups in total. The molecule has 0 atom stereocenters. The van der Waals surface area contributed by atoms with Crippen LogP contribution in [0.2, 0.25) is 0 Å². The minimum atomic E-state index is -0.459. The van der Waals surface area contributed by atoms with Gasteiger partial charge < -0.3 is 5.32 Å². The van der Waals surface area contributed by atoms with Gasteiger partial charge >= 0.3 is 6.03 Å². The van der Waals surface area contributed by atoms with Crippen molar-refractivity contribution in [3.05, 3.63) is 27.1 Å². The number of hydrazine groups is 1. The van der Waals surface area contributed by atoms with Gasteiger partial charge in [-0.15, -0.1) is 0 Å². The van der Waals surface area contributed by atoms with Crippen LogP contribution in [0.1, 0.15) is 0 Å². The summed E-state index contributed by atoms with van der Waals surface area (Å²) in [5.74, 6) is 4.92. The van der Waals surface area contributed by atoms with Crippen molar-refractivity contribution in [2.75, 3.05) is 5.32 Å². The molecule has 0 radical (unpaired) electrons. The number of halogens is 2. The molecular formula is C7H7Br2N3O. The fraction of sp³-hybridized carbons (Fsp3) is 0. The van der Waals surface area contributed by atoms with E-state index in [0.717, 1.165) is 8.95 Å². The van der Waals surface area contributed by atoms with Crippen LogP contribution in [0.15, 0.2) is 27.1 Å². The third-order valence-electron chi connectivity index (χ3n) is 1.31. The van der Waals surface area contributed by atoms with Crippen molar-refractivity contribution in [1.29, 1.82) is 0 Å². The van der Waals surface area contributed by atoms with E-state index in [1.54, 1.807) is 6.07 Å². The molecule has 0 saturated carbocycles. The van der Waals surface area contributed by atoms with Gasteiger partial charge in [-0.2, -0.15) is 0 Å². The summed E-state index contributed by atoms with van der Waals surface area (Å²) < 4.78 is 1.67. The maximum atomic E-state index is 10.9. The van der Waals surface area contributed by atoms with Gasteiger partial charge in [0.25, 0.3) is 0 Å². The first kappa shape index (κ1) is 10.5. The zero-order valence-corrected chi connectivity index (χ0v) is 9.65. The lowest BCUT2D eigenvalue weighted by molar-refractivity contribution is 0.252. The summed E-state index contributed by atoms with van der Waals surface area (Å²) >= 11 is 6.57. The largest absolute Gasteiger partial charge is 0.333 e. The SMILES string of the molecule is NNC(=O)Nc1cc(Br)ccc1Br. The summed E-state index contributed by atoms with van der Waals surface area (Å²) in [5.41, 5.74) is 2.62. The predicted octanol–water partition coefficient (Wildman–Crippen LogP) is 2.21. The van der Waals surface area contributed by atoms with Gasteiger partial charge in [0.2, 0.25) is 0 Å². The molecule has 0 aliphatic heterocycles. The first-order chi connectivity index (χ1) is 6.13. The summed E-state index contributed by atoms with van der Waals surface area (Å²) in [4.78, 5) is 10.9. The minimum absolute atomic E-state index is 0.459. The van der Waals surface area contributed by atoms with E-state index in [0.29, 0.717) is 5.69 Å². The van der Waals surface area contributed by atoms with Crippen LogP contribution in [-0.4, -0.2) is 6.03 Å². The lowest BCUT2D eigenvalue weighted by Crippen LogP contribution is -2.34. The van der Waals surface area contributed by atoms with E-state index in [4.69, 9.17) is 5.84 Å². The fourth-order valence-electron chi connectivity index (χ4n) is 0.752. The van der Waals surface area contributed by atoms with Crippen molar-refractivity contribution >= 4 is 43.6 Å². The van der Waals surface area contributed by atoms with Gasteiger partial charge in [-0.1, -0.05) is 15.9 Å². The molecule has 4 nitrogen and oxygen atoms in total. The number of nitrogens with two attached hydrogens (primary N) is 1. The average Bonchev–Trinajstić information content (AvgIpc) is 2.11. The molecule has 6 heteroatoms. The van der Waals surface area contributed by atoms with Crippen LogP contribution in [0.4, 0.5) is 10.5 Å². The van der Waals surface area contributed by atoms with E-state index in [1.807, 2.05) is 17.6 Å². The second kappa shape index (κ2) is 4.59. The van der Waals surface area contributed by atoms with Crippen molar-refractivity contribution in [2.24, 2.45) is 5.84 Å². The highest BCUT2D eigenvalue weighted by Crippen LogP contribution is 2.25. The summed E-state index contributed by atoms with van der Waals surface area (Å²) in [5, 5.41) is 2.55. The van der Waals surface area contributed by atoms with Crippen LogP contribution < -0.4 is 16.6 Å². The first-order valence-electron chi connectivity index (χ1n) is 3.36. The second-order valence-electron chi connectivity index (χ2n) is 2.22. The van der Waals surface area contributed by atoms with E-state index in [-0.39, 0.29) is 0 Å². The first-order valence-corrected chi connectivity index (χ1v) is 4.94. The van der Waals surface area contributed by atoms with Crippen molar-refractivity contribution in [3.8, 4) is 0 Å². The lowest BCUT2D eigenvalue weighted by Gasteiger charge is -2.06. The molecule has 1 aromatic carbocycles. The van der Waals surface area contributed by atoms with Crippen LogP contribution in [0.25, 0.3) is 0 Å². The molecule has 0 saturated heterocycles. The number of hydrogen-bond acceptors (Lipinski definition) is 2. The number of hydrogen-bond donors (Lipinski definition) is 3. The molecule has 70 valence electrons. The average molecular weight is 309 g/mol. The smallest absolute Gasteiger partial charge is 0.306 e. The molecule has 0 aliphatic carbocycles. The van der Waals surface area contributed by atoms with E-state index in [1.165, 1.54) is 0 Å². The summed E-state index contributed by atoms with van der Waals surface area (Å²) in [6.07, 6.45) is 0. The summed E-state index contributed by atoms with van der Waals surface area (Å²) in [6.45, 7) is 0. The second-order valence-corrected chi connectivity index (χ2v) is 3.99. The fourth-order valence-corrected chi connectivity index (χ4v) is 1.46. The van der Waals surface area contributed by atoms with Crippen LogP contribution in [0, 0.1) is 0 Å². The highest BCUT2D eigenvalue weighted by atomic mass is 79.9. The van der Waals surface area contributed by atoms with Crippen molar-refractivity contribution < 1.29 is 4.79 Å². The molecule has 0 aliphatic rings. The Bertz CT molecular complexity index is 330. The molecule has 0 spiro atoms. The maximum Gasteiger partial charge on any atom is 0.333 e. The topological polar surface area (TPSA) is 67.1 Å². The van der Waals surface area contributed by atoms with Gasteiger partial charge in [0.15, 0.2) is 0 Å². The molecule has 1 aromatic rings. The molecular weight excluding hydrogens is 302 g/mol. The van der Waals surface area contributed by atoms with E-state index in [9.17, 15) is 4.79 Å². The predicted molar refractivity (Wildman–Crippen MR) is 58.2 cm³/mol.